The summed E-state index contributed by atoms with van der Waals surface area (Å²) in [5.41, 5.74) is 0.450. The zero-order valence-corrected chi connectivity index (χ0v) is 15.4. The van der Waals surface area contributed by atoms with E-state index >= 15 is 0 Å². The second-order valence-electron chi connectivity index (χ2n) is 5.21. The molecule has 0 bridgehead atoms. The van der Waals surface area contributed by atoms with Gasteiger partial charge in [0.25, 0.3) is 11.6 Å². The summed E-state index contributed by atoms with van der Waals surface area (Å²) in [4.78, 5) is 22.6. The van der Waals surface area contributed by atoms with E-state index in [4.69, 9.17) is 28.6 Å². The normalized spacial score (nSPS) is 10.1. The molecular weight excluding hydrogens is 378 g/mol. The predicted octanol–water partition coefficient (Wildman–Crippen LogP) is 4.16. The van der Waals surface area contributed by atoms with Gasteiger partial charge in [-0.25, -0.2) is 0 Å². The molecule has 0 fully saturated rings. The van der Waals surface area contributed by atoms with Gasteiger partial charge in [0, 0.05) is 17.7 Å². The van der Waals surface area contributed by atoms with E-state index in [-0.39, 0.29) is 21.5 Å². The third kappa shape index (κ3) is 5.40. The molecule has 2 aromatic rings. The molecule has 2 rings (SSSR count). The van der Waals surface area contributed by atoms with Crippen LogP contribution in [0.2, 0.25) is 5.02 Å². The minimum absolute atomic E-state index is 0.0303. The zero-order valence-electron chi connectivity index (χ0n) is 13.8. The molecule has 0 saturated heterocycles. The summed E-state index contributed by atoms with van der Waals surface area (Å²) >= 11 is 11.1. The number of carbonyl (C=O) groups excluding carboxylic acids is 1. The van der Waals surface area contributed by atoms with Crippen LogP contribution in [0.4, 0.5) is 11.4 Å². The Bertz CT molecular complexity index is 845. The smallest absolute Gasteiger partial charge is 0.271 e. The number of nitrogens with zero attached hydrogens (tertiary/aromatic N) is 1. The van der Waals surface area contributed by atoms with Crippen LogP contribution in [0, 0.1) is 10.1 Å². The largest absolute Gasteiger partial charge is 0.494 e. The Kier molecular flexibility index (Phi) is 6.88. The van der Waals surface area contributed by atoms with Crippen molar-refractivity contribution in [2.24, 2.45) is 0 Å². The molecule has 0 aliphatic heterocycles. The third-order valence-electron chi connectivity index (χ3n) is 3.21. The molecular formula is C17H16ClN3O4S. The number of nitrogens with one attached hydrogen (secondary N) is 2. The molecule has 0 saturated carbocycles. The van der Waals surface area contributed by atoms with E-state index in [2.05, 4.69) is 10.6 Å². The number of halogens is 1. The number of carbonyl (C=O) groups is 1. The first kappa shape index (κ1) is 19.6. The lowest BCUT2D eigenvalue weighted by atomic mass is 10.2. The number of nitro groups is 1. The maximum absolute atomic E-state index is 12.3. The highest BCUT2D eigenvalue weighted by molar-refractivity contribution is 7.80. The van der Waals surface area contributed by atoms with Gasteiger partial charge in [-0.1, -0.05) is 24.6 Å². The topological polar surface area (TPSA) is 93.5 Å². The number of anilines is 1. The van der Waals surface area contributed by atoms with Gasteiger partial charge in [-0.2, -0.15) is 0 Å². The number of benzene rings is 2. The van der Waals surface area contributed by atoms with Crippen LogP contribution >= 0.6 is 23.8 Å². The number of thiocarbonyl (C=S) groups is 1. The molecule has 136 valence electrons. The number of nitro benzene ring substituents is 1. The molecule has 26 heavy (non-hydrogen) atoms. The first-order chi connectivity index (χ1) is 12.4. The quantitative estimate of drug-likeness (QED) is 0.434. The van der Waals surface area contributed by atoms with Crippen LogP contribution in [-0.4, -0.2) is 22.5 Å². The van der Waals surface area contributed by atoms with Crippen molar-refractivity contribution in [3.8, 4) is 5.75 Å². The van der Waals surface area contributed by atoms with Crippen molar-refractivity contribution in [3.05, 3.63) is 63.2 Å². The molecule has 0 spiro atoms. The van der Waals surface area contributed by atoms with E-state index in [1.165, 1.54) is 18.2 Å². The van der Waals surface area contributed by atoms with Crippen molar-refractivity contribution in [1.29, 1.82) is 0 Å². The first-order valence-corrected chi connectivity index (χ1v) is 8.48. The molecule has 0 unspecified atom stereocenters. The molecule has 0 aliphatic rings. The second-order valence-corrected chi connectivity index (χ2v) is 6.02. The highest BCUT2D eigenvalue weighted by atomic mass is 35.5. The van der Waals surface area contributed by atoms with Crippen molar-refractivity contribution in [2.75, 3.05) is 11.9 Å². The number of non-ortho nitro benzene ring substituents is 1. The van der Waals surface area contributed by atoms with Crippen molar-refractivity contribution in [1.82, 2.24) is 5.32 Å². The molecule has 7 nitrogen and oxygen atoms in total. The minimum Gasteiger partial charge on any atom is -0.494 e. The van der Waals surface area contributed by atoms with Crippen molar-refractivity contribution < 1.29 is 14.5 Å². The Balaban J connectivity index is 2.05. The van der Waals surface area contributed by atoms with Gasteiger partial charge in [-0.15, -0.1) is 0 Å². The van der Waals surface area contributed by atoms with Crippen LogP contribution in [0.5, 0.6) is 5.75 Å². The van der Waals surface area contributed by atoms with Crippen LogP contribution in [0.3, 0.4) is 0 Å². The summed E-state index contributed by atoms with van der Waals surface area (Å²) < 4.78 is 5.49. The molecule has 2 aromatic carbocycles. The molecule has 0 aromatic heterocycles. The monoisotopic (exact) mass is 393 g/mol. The SMILES string of the molecule is CCCOc1cccc(C(=O)NC(=S)Nc2cc([N+](=O)[O-])ccc2Cl)c1. The van der Waals surface area contributed by atoms with E-state index in [1.807, 2.05) is 6.92 Å². The lowest BCUT2D eigenvalue weighted by molar-refractivity contribution is -0.384. The van der Waals surface area contributed by atoms with Gasteiger partial charge < -0.3 is 10.1 Å². The lowest BCUT2D eigenvalue weighted by Gasteiger charge is -2.11. The molecule has 0 atom stereocenters. The number of ether oxygens (including phenoxy) is 1. The highest BCUT2D eigenvalue weighted by Gasteiger charge is 2.13. The fourth-order valence-corrected chi connectivity index (χ4v) is 2.37. The number of amides is 1. The summed E-state index contributed by atoms with van der Waals surface area (Å²) in [7, 11) is 0. The standard InChI is InChI=1S/C17H16ClN3O4S/c1-2-8-25-13-5-3-4-11(9-13)16(22)20-17(26)19-15-10-12(21(23)24)6-7-14(15)18/h3-7,9-10H,2,8H2,1H3,(H2,19,20,22,26). The molecule has 0 radical (unpaired) electrons. The Labute approximate surface area is 160 Å². The van der Waals surface area contributed by atoms with Gasteiger partial charge in [0.2, 0.25) is 0 Å². The Hall–Kier alpha value is -2.71. The Morgan fingerprint density at radius 1 is 1.31 bits per heavy atom. The van der Waals surface area contributed by atoms with Gasteiger partial charge in [0.1, 0.15) is 5.75 Å². The van der Waals surface area contributed by atoms with Crippen molar-refractivity contribution in [3.63, 3.8) is 0 Å². The van der Waals surface area contributed by atoms with E-state index in [0.717, 1.165) is 6.42 Å². The van der Waals surface area contributed by atoms with Gasteiger partial charge in [0.15, 0.2) is 5.11 Å². The van der Waals surface area contributed by atoms with Crippen LogP contribution < -0.4 is 15.4 Å². The van der Waals surface area contributed by atoms with Gasteiger partial charge in [0.05, 0.1) is 22.2 Å². The fourth-order valence-electron chi connectivity index (χ4n) is 2.00. The number of hydrogen-bond acceptors (Lipinski definition) is 5. The van der Waals surface area contributed by atoms with E-state index in [0.29, 0.717) is 17.9 Å². The average molecular weight is 394 g/mol. The van der Waals surface area contributed by atoms with E-state index < -0.39 is 10.8 Å². The highest BCUT2D eigenvalue weighted by Crippen LogP contribution is 2.26. The Morgan fingerprint density at radius 3 is 2.77 bits per heavy atom. The first-order valence-electron chi connectivity index (χ1n) is 7.70. The Morgan fingerprint density at radius 2 is 2.08 bits per heavy atom. The molecule has 0 aliphatic carbocycles. The third-order valence-corrected chi connectivity index (χ3v) is 3.74. The lowest BCUT2D eigenvalue weighted by Crippen LogP contribution is -2.34. The minimum atomic E-state index is -0.551. The van der Waals surface area contributed by atoms with Gasteiger partial charge in [-0.05, 0) is 42.9 Å². The maximum atomic E-state index is 12.3. The summed E-state index contributed by atoms with van der Waals surface area (Å²) in [6.45, 7) is 2.54. The van der Waals surface area contributed by atoms with Crippen molar-refractivity contribution >= 4 is 46.2 Å². The van der Waals surface area contributed by atoms with Gasteiger partial charge in [-0.3, -0.25) is 20.2 Å². The molecule has 1 amide bonds. The fraction of sp³-hybridized carbons (Fsp3) is 0.176. The maximum Gasteiger partial charge on any atom is 0.271 e. The molecule has 9 heteroatoms. The van der Waals surface area contributed by atoms with Gasteiger partial charge >= 0.3 is 0 Å². The van der Waals surface area contributed by atoms with Crippen LogP contribution in [-0.2, 0) is 0 Å². The summed E-state index contributed by atoms with van der Waals surface area (Å²) in [5.74, 6) is 0.145. The molecule has 0 heterocycles. The predicted molar refractivity (Wildman–Crippen MR) is 104 cm³/mol. The average Bonchev–Trinajstić information content (AvgIpc) is 2.61. The van der Waals surface area contributed by atoms with Crippen LogP contribution in [0.25, 0.3) is 0 Å². The second kappa shape index (κ2) is 9.12. The summed E-state index contributed by atoms with van der Waals surface area (Å²) in [6, 6.07) is 10.6. The molecule has 2 N–H and O–H groups in total. The van der Waals surface area contributed by atoms with E-state index in [9.17, 15) is 14.9 Å². The number of hydrogen-bond donors (Lipinski definition) is 2. The van der Waals surface area contributed by atoms with Crippen molar-refractivity contribution in [2.45, 2.75) is 13.3 Å². The summed E-state index contributed by atoms with van der Waals surface area (Å²) in [5, 5.41) is 16.2. The summed E-state index contributed by atoms with van der Waals surface area (Å²) in [6.07, 6.45) is 0.856. The van der Waals surface area contributed by atoms with Crippen LogP contribution in [0.1, 0.15) is 23.7 Å². The van der Waals surface area contributed by atoms with Crippen LogP contribution in [0.15, 0.2) is 42.5 Å². The zero-order chi connectivity index (χ0) is 19.1. The number of rotatable bonds is 6. The van der Waals surface area contributed by atoms with E-state index in [1.54, 1.807) is 24.3 Å².